The summed E-state index contributed by atoms with van der Waals surface area (Å²) in [6.45, 7) is -0.347. The first-order valence-electron chi connectivity index (χ1n) is 8.17. The van der Waals surface area contributed by atoms with Crippen molar-refractivity contribution >= 4 is 40.2 Å². The minimum Gasteiger partial charge on any atom is -0.387 e. The second kappa shape index (κ2) is 8.56. The van der Waals surface area contributed by atoms with Crippen LogP contribution in [0.5, 0.6) is 0 Å². The zero-order valence-corrected chi connectivity index (χ0v) is 18.2. The molecule has 17 nitrogen and oxygen atoms in total. The van der Waals surface area contributed by atoms with Crippen molar-refractivity contribution in [1.82, 2.24) is 19.5 Å². The summed E-state index contributed by atoms with van der Waals surface area (Å²) < 4.78 is 53.3. The molecule has 0 aliphatic carbocycles. The molecular formula is C11H18N5O12P3. The Morgan fingerprint density at radius 2 is 1.77 bits per heavy atom. The van der Waals surface area contributed by atoms with Gasteiger partial charge in [-0.1, -0.05) is 0 Å². The van der Waals surface area contributed by atoms with Gasteiger partial charge in [-0.2, -0.15) is 4.31 Å². The van der Waals surface area contributed by atoms with Gasteiger partial charge in [-0.15, -0.1) is 0 Å². The number of aliphatic hydroxyl groups is 2. The molecule has 0 amide bonds. The average molecular weight is 505 g/mol. The third-order valence-corrected chi connectivity index (χ3v) is 8.03. The molecule has 3 heterocycles. The zero-order chi connectivity index (χ0) is 23.2. The van der Waals surface area contributed by atoms with Crippen LogP contribution >= 0.6 is 23.2 Å². The highest BCUT2D eigenvalue weighted by molar-refractivity contribution is 7.68. The van der Waals surface area contributed by atoms with Crippen molar-refractivity contribution in [2.75, 3.05) is 19.0 Å². The van der Waals surface area contributed by atoms with E-state index in [4.69, 9.17) is 15.4 Å². The van der Waals surface area contributed by atoms with E-state index >= 15 is 0 Å². The SMILES string of the molecule is CP(=O)(O)OP(=O)(O)OP(=O)(O)OCC1OC(n2cnc3c(N)ncnc32)C(O)C1O. The molecule has 0 aromatic carbocycles. The van der Waals surface area contributed by atoms with Gasteiger partial charge in [0.05, 0.1) is 12.9 Å². The molecule has 7 atom stereocenters. The minimum absolute atomic E-state index is 0.0604. The molecule has 1 saturated heterocycles. The number of nitrogens with two attached hydrogens (primary N) is 1. The van der Waals surface area contributed by atoms with Crippen molar-refractivity contribution in [3.63, 3.8) is 0 Å². The second-order valence-corrected chi connectivity index (χ2v) is 11.4. The Bertz CT molecular complexity index is 1110. The first-order valence-corrected chi connectivity index (χ1v) is 13.2. The van der Waals surface area contributed by atoms with Gasteiger partial charge in [0.2, 0.25) is 0 Å². The molecular weight excluding hydrogens is 487 g/mol. The minimum atomic E-state index is -5.45. The molecule has 2 aromatic heterocycles. The number of phosphoric ester groups is 1. The summed E-state index contributed by atoms with van der Waals surface area (Å²) >= 11 is 0. The number of nitrogens with zero attached hydrogens (tertiary/aromatic N) is 4. The van der Waals surface area contributed by atoms with Gasteiger partial charge >= 0.3 is 23.2 Å². The van der Waals surface area contributed by atoms with Crippen LogP contribution in [-0.4, -0.2) is 76.0 Å². The molecule has 3 rings (SSSR count). The first-order chi connectivity index (χ1) is 14.2. The third kappa shape index (κ3) is 5.73. The van der Waals surface area contributed by atoms with Crippen molar-refractivity contribution in [3.8, 4) is 0 Å². The van der Waals surface area contributed by atoms with Crippen molar-refractivity contribution in [2.24, 2.45) is 0 Å². The van der Waals surface area contributed by atoms with Crippen LogP contribution in [0.2, 0.25) is 0 Å². The number of aromatic nitrogens is 4. The van der Waals surface area contributed by atoms with E-state index in [2.05, 4.69) is 28.1 Å². The lowest BCUT2D eigenvalue weighted by atomic mass is 10.1. The largest absolute Gasteiger partial charge is 0.488 e. The van der Waals surface area contributed by atoms with E-state index in [1.165, 1.54) is 10.9 Å². The lowest BCUT2D eigenvalue weighted by Crippen LogP contribution is -2.33. The molecule has 174 valence electrons. The number of imidazole rings is 1. The number of phosphoric acid groups is 2. The Hall–Kier alpha value is -1.32. The van der Waals surface area contributed by atoms with Crippen LogP contribution in [0.15, 0.2) is 12.7 Å². The topological polar surface area (TPSA) is 259 Å². The molecule has 1 aliphatic heterocycles. The van der Waals surface area contributed by atoms with Crippen molar-refractivity contribution in [3.05, 3.63) is 12.7 Å². The average Bonchev–Trinajstić information content (AvgIpc) is 3.13. The van der Waals surface area contributed by atoms with Crippen LogP contribution < -0.4 is 5.73 Å². The monoisotopic (exact) mass is 505 g/mol. The van der Waals surface area contributed by atoms with Gasteiger partial charge < -0.3 is 35.4 Å². The predicted molar refractivity (Wildman–Crippen MR) is 99.2 cm³/mol. The smallest absolute Gasteiger partial charge is 0.387 e. The number of nitrogen functional groups attached to an aromatic ring is 1. The molecule has 20 heteroatoms. The molecule has 7 unspecified atom stereocenters. The van der Waals surface area contributed by atoms with Gasteiger partial charge in [-0.3, -0.25) is 13.7 Å². The molecule has 0 bridgehead atoms. The Kier molecular flexibility index (Phi) is 6.71. The summed E-state index contributed by atoms with van der Waals surface area (Å²) in [5.74, 6) is 0.0604. The molecule has 1 aliphatic rings. The van der Waals surface area contributed by atoms with E-state index in [0.29, 0.717) is 6.66 Å². The van der Waals surface area contributed by atoms with Gasteiger partial charge in [-0.25, -0.2) is 28.4 Å². The molecule has 0 saturated carbocycles. The van der Waals surface area contributed by atoms with Crippen LogP contribution in [0.25, 0.3) is 11.2 Å². The molecule has 0 radical (unpaired) electrons. The van der Waals surface area contributed by atoms with E-state index in [0.717, 1.165) is 6.33 Å². The van der Waals surface area contributed by atoms with Crippen LogP contribution in [0.4, 0.5) is 5.82 Å². The van der Waals surface area contributed by atoms with E-state index in [-0.39, 0.29) is 17.0 Å². The zero-order valence-electron chi connectivity index (χ0n) is 15.5. The molecule has 0 spiro atoms. The Morgan fingerprint density at radius 3 is 2.42 bits per heavy atom. The number of fused-ring (bicyclic) bond motifs is 1. The Morgan fingerprint density at radius 1 is 1.10 bits per heavy atom. The third-order valence-electron chi connectivity index (χ3n) is 3.86. The number of hydrogen-bond acceptors (Lipinski definition) is 13. The fourth-order valence-electron chi connectivity index (χ4n) is 2.68. The molecule has 7 N–H and O–H groups in total. The van der Waals surface area contributed by atoms with E-state index in [1.807, 2.05) is 0 Å². The summed E-state index contributed by atoms with van der Waals surface area (Å²) in [5.41, 5.74) is 6.06. The lowest BCUT2D eigenvalue weighted by molar-refractivity contribution is -0.0503. The Labute approximate surface area is 173 Å². The number of aliphatic hydroxyl groups excluding tert-OH is 2. The van der Waals surface area contributed by atoms with Gasteiger partial charge in [-0.05, 0) is 0 Å². The maximum absolute atomic E-state index is 11.9. The van der Waals surface area contributed by atoms with Gasteiger partial charge in [0.25, 0.3) is 0 Å². The lowest BCUT2D eigenvalue weighted by Gasteiger charge is -2.19. The van der Waals surface area contributed by atoms with Crippen molar-refractivity contribution in [1.29, 1.82) is 0 Å². The maximum Gasteiger partial charge on any atom is 0.488 e. The van der Waals surface area contributed by atoms with E-state index in [9.17, 15) is 33.7 Å². The van der Waals surface area contributed by atoms with Crippen LogP contribution in [-0.2, 0) is 31.6 Å². The highest BCUT2D eigenvalue weighted by Crippen LogP contribution is 2.66. The van der Waals surface area contributed by atoms with Crippen LogP contribution in [0.3, 0.4) is 0 Å². The summed E-state index contributed by atoms with van der Waals surface area (Å²) in [6, 6.07) is 0. The summed E-state index contributed by atoms with van der Waals surface area (Å²) in [7, 11) is -15.3. The number of rotatable bonds is 8. The van der Waals surface area contributed by atoms with Crippen molar-refractivity contribution in [2.45, 2.75) is 24.5 Å². The summed E-state index contributed by atoms with van der Waals surface area (Å²) in [4.78, 5) is 39.5. The van der Waals surface area contributed by atoms with Gasteiger partial charge in [0.15, 0.2) is 17.7 Å². The second-order valence-electron chi connectivity index (χ2n) is 6.33. The molecule has 2 aromatic rings. The highest BCUT2D eigenvalue weighted by Gasteiger charge is 2.46. The maximum atomic E-state index is 11.9. The fourth-order valence-corrected chi connectivity index (χ4v) is 6.17. The van der Waals surface area contributed by atoms with Gasteiger partial charge in [0.1, 0.15) is 30.2 Å². The van der Waals surface area contributed by atoms with E-state index in [1.54, 1.807) is 0 Å². The normalized spacial score (nSPS) is 30.0. The predicted octanol–water partition coefficient (Wildman–Crippen LogP) is -0.907. The summed E-state index contributed by atoms with van der Waals surface area (Å²) in [5, 5.41) is 20.5. The van der Waals surface area contributed by atoms with E-state index < -0.39 is 54.4 Å². The first kappa shape index (κ1) is 24.3. The number of ether oxygens (including phenoxy) is 1. The molecule has 1 fully saturated rings. The van der Waals surface area contributed by atoms with Crippen LogP contribution in [0.1, 0.15) is 6.23 Å². The van der Waals surface area contributed by atoms with Crippen molar-refractivity contribution < 1.29 is 56.5 Å². The molecule has 31 heavy (non-hydrogen) atoms. The quantitative estimate of drug-likeness (QED) is 0.237. The summed E-state index contributed by atoms with van der Waals surface area (Å²) in [6.07, 6.45) is -3.49. The van der Waals surface area contributed by atoms with Crippen LogP contribution in [0, 0.1) is 0 Å². The number of anilines is 1. The highest BCUT2D eigenvalue weighted by atomic mass is 31.3. The fraction of sp³-hybridized carbons (Fsp3) is 0.545. The number of hydrogen-bond donors (Lipinski definition) is 6. The standard InChI is InChI=1S/C11H18N5O12P3/c1-29(19,20)27-31(23,24)28-30(21,22)25-2-5-7(17)8(18)11(26-5)16-4-15-6-9(12)13-3-14-10(6)16/h3-5,7-8,11,17-18H,2H2,1H3,(H,19,20)(H,21,22)(H,23,24)(H2,12,13,14). The van der Waals surface area contributed by atoms with Gasteiger partial charge in [0, 0.05) is 6.66 Å². The Balaban J connectivity index is 1.69.